The van der Waals surface area contributed by atoms with Crippen molar-refractivity contribution in [2.75, 3.05) is 12.4 Å². The van der Waals surface area contributed by atoms with Crippen molar-refractivity contribution in [3.05, 3.63) is 86.1 Å². The first kappa shape index (κ1) is 24.1. The average Bonchev–Trinajstić information content (AvgIpc) is 2.78. The summed E-state index contributed by atoms with van der Waals surface area (Å²) < 4.78 is 91.5. The lowest BCUT2D eigenvalue weighted by molar-refractivity contribution is -0.301. The topological polar surface area (TPSA) is 88.5 Å². The first-order chi connectivity index (χ1) is 16.3. The maximum absolute atomic E-state index is 14.3. The Labute approximate surface area is 192 Å². The highest BCUT2D eigenvalue weighted by molar-refractivity contribution is 6.10. The lowest BCUT2D eigenvalue weighted by Gasteiger charge is -2.38. The number of benzene rings is 2. The number of hydrogen-bond acceptors (Lipinski definition) is 5. The van der Waals surface area contributed by atoms with E-state index in [1.54, 1.807) is 11.9 Å². The second kappa shape index (κ2) is 8.03. The summed E-state index contributed by atoms with van der Waals surface area (Å²) in [5.74, 6) is -1.56. The SMILES string of the molecule is COc1ccc(C2=NC(C(F)(F)F)(C(F)(F)F)c3c(n(-c4ccc(C)cc4)c(=O)[nH]c3=O)N2)cc1. The van der Waals surface area contributed by atoms with E-state index in [1.165, 1.54) is 55.6 Å². The third kappa shape index (κ3) is 3.76. The van der Waals surface area contributed by atoms with Crippen LogP contribution in [-0.2, 0) is 5.54 Å². The molecule has 1 aliphatic rings. The van der Waals surface area contributed by atoms with Gasteiger partial charge in [0.05, 0.1) is 12.8 Å². The summed E-state index contributed by atoms with van der Waals surface area (Å²) in [5, 5.41) is 2.37. The number of methoxy groups -OCH3 is 1. The molecule has 2 aromatic carbocycles. The van der Waals surface area contributed by atoms with Gasteiger partial charge < -0.3 is 10.1 Å². The van der Waals surface area contributed by atoms with Crippen LogP contribution in [0, 0.1) is 6.92 Å². The number of aromatic nitrogens is 2. The van der Waals surface area contributed by atoms with Gasteiger partial charge in [-0.3, -0.25) is 9.78 Å². The smallest absolute Gasteiger partial charge is 0.427 e. The van der Waals surface area contributed by atoms with E-state index < -0.39 is 46.4 Å². The molecule has 4 rings (SSSR count). The number of nitrogens with zero attached hydrogens (tertiary/aromatic N) is 2. The molecule has 0 atom stereocenters. The second-order valence-electron chi connectivity index (χ2n) is 7.67. The predicted molar refractivity (Wildman–Crippen MR) is 114 cm³/mol. The number of aromatic amines is 1. The van der Waals surface area contributed by atoms with Gasteiger partial charge in [0.25, 0.3) is 11.1 Å². The average molecular weight is 498 g/mol. The summed E-state index contributed by atoms with van der Waals surface area (Å²) in [7, 11) is 1.33. The van der Waals surface area contributed by atoms with Gasteiger partial charge in [0.1, 0.15) is 23.0 Å². The van der Waals surface area contributed by atoms with Crippen LogP contribution in [0.15, 0.2) is 63.1 Å². The fourth-order valence-corrected chi connectivity index (χ4v) is 3.75. The minimum atomic E-state index is -6.09. The fourth-order valence-electron chi connectivity index (χ4n) is 3.75. The molecule has 1 aliphatic heterocycles. The Hall–Kier alpha value is -4.03. The molecule has 0 unspecified atom stereocenters. The molecule has 2 N–H and O–H groups in total. The van der Waals surface area contributed by atoms with Crippen molar-refractivity contribution in [3.63, 3.8) is 0 Å². The number of halogens is 6. The minimum absolute atomic E-state index is 0.0742. The maximum atomic E-state index is 14.3. The zero-order valence-corrected chi connectivity index (χ0v) is 18.0. The van der Waals surface area contributed by atoms with E-state index in [9.17, 15) is 35.9 Å². The number of hydrogen-bond donors (Lipinski definition) is 2. The van der Waals surface area contributed by atoms with E-state index in [1.807, 2.05) is 0 Å². The molecular formula is C22H16F6N4O3. The first-order valence-electron chi connectivity index (χ1n) is 9.92. The zero-order valence-electron chi connectivity index (χ0n) is 18.0. The van der Waals surface area contributed by atoms with Crippen molar-refractivity contribution in [2.24, 2.45) is 4.99 Å². The van der Waals surface area contributed by atoms with Gasteiger partial charge in [0.15, 0.2) is 0 Å². The Morgan fingerprint density at radius 2 is 1.49 bits per heavy atom. The highest BCUT2D eigenvalue weighted by Crippen LogP contribution is 2.55. The zero-order chi connectivity index (χ0) is 25.8. The second-order valence-corrected chi connectivity index (χ2v) is 7.67. The summed E-state index contributed by atoms with van der Waals surface area (Å²) >= 11 is 0. The van der Waals surface area contributed by atoms with Crippen molar-refractivity contribution in [1.29, 1.82) is 0 Å². The number of amidine groups is 1. The lowest BCUT2D eigenvalue weighted by Crippen LogP contribution is -2.59. The van der Waals surface area contributed by atoms with Crippen LogP contribution in [0.1, 0.15) is 16.7 Å². The van der Waals surface area contributed by atoms with Crippen LogP contribution < -0.4 is 21.3 Å². The Morgan fingerprint density at radius 1 is 0.914 bits per heavy atom. The van der Waals surface area contributed by atoms with E-state index in [0.717, 1.165) is 0 Å². The summed E-state index contributed by atoms with van der Waals surface area (Å²) in [5.41, 5.74) is -9.38. The van der Waals surface area contributed by atoms with E-state index in [0.29, 0.717) is 10.1 Å². The standard InChI is InChI=1S/C22H16F6N4O3/c1-11-3-7-13(8-4-11)32-17-15(18(33)30-19(32)34)20(21(23,24)25,22(26,27)28)31-16(29-17)12-5-9-14(35-2)10-6-12/h3-10H,1-2H3,(H,29,31)(H,30,33,34). The molecule has 7 nitrogen and oxygen atoms in total. The number of fused-ring (bicyclic) bond motifs is 1. The third-order valence-corrected chi connectivity index (χ3v) is 5.47. The Morgan fingerprint density at radius 3 is 2.00 bits per heavy atom. The normalized spacial score (nSPS) is 15.1. The van der Waals surface area contributed by atoms with Gasteiger partial charge in [-0.05, 0) is 43.3 Å². The highest BCUT2D eigenvalue weighted by Gasteiger charge is 2.75. The van der Waals surface area contributed by atoms with Crippen molar-refractivity contribution in [1.82, 2.24) is 9.55 Å². The molecule has 1 aromatic heterocycles. The van der Waals surface area contributed by atoms with Gasteiger partial charge in [-0.15, -0.1) is 0 Å². The molecular weight excluding hydrogens is 482 g/mol. The van der Waals surface area contributed by atoms with Crippen LogP contribution in [0.25, 0.3) is 5.69 Å². The van der Waals surface area contributed by atoms with Crippen LogP contribution in [0.4, 0.5) is 32.2 Å². The summed E-state index contributed by atoms with van der Waals surface area (Å²) in [6.07, 6.45) is -12.2. The van der Waals surface area contributed by atoms with Crippen LogP contribution >= 0.6 is 0 Å². The van der Waals surface area contributed by atoms with Crippen LogP contribution in [-0.4, -0.2) is 34.8 Å². The highest BCUT2D eigenvalue weighted by atomic mass is 19.4. The molecule has 0 saturated heterocycles. The molecule has 184 valence electrons. The van der Waals surface area contributed by atoms with Crippen LogP contribution in [0.5, 0.6) is 5.75 Å². The predicted octanol–water partition coefficient (Wildman–Crippen LogP) is 4.04. The number of alkyl halides is 6. The Balaban J connectivity index is 2.14. The van der Waals surface area contributed by atoms with Crippen molar-refractivity contribution < 1.29 is 31.1 Å². The number of aryl methyl sites for hydroxylation is 1. The number of anilines is 1. The monoisotopic (exact) mass is 498 g/mol. The largest absolute Gasteiger partial charge is 0.497 e. The van der Waals surface area contributed by atoms with Crippen molar-refractivity contribution in [3.8, 4) is 11.4 Å². The molecule has 0 fully saturated rings. The van der Waals surface area contributed by atoms with E-state index >= 15 is 0 Å². The summed E-state index contributed by atoms with van der Waals surface area (Å²) in [6, 6.07) is 10.6. The lowest BCUT2D eigenvalue weighted by atomic mass is 9.87. The molecule has 0 aliphatic carbocycles. The third-order valence-electron chi connectivity index (χ3n) is 5.47. The molecule has 0 radical (unpaired) electrons. The number of nitrogens with one attached hydrogen (secondary N) is 2. The van der Waals surface area contributed by atoms with Crippen molar-refractivity contribution >= 4 is 11.7 Å². The van der Waals surface area contributed by atoms with E-state index in [-0.39, 0.29) is 17.0 Å². The van der Waals surface area contributed by atoms with Crippen molar-refractivity contribution in [2.45, 2.75) is 24.8 Å². The minimum Gasteiger partial charge on any atom is -0.497 e. The molecule has 2 heterocycles. The van der Waals surface area contributed by atoms with Gasteiger partial charge in [-0.2, -0.15) is 26.3 Å². The molecule has 0 spiro atoms. The molecule has 0 saturated carbocycles. The molecule has 3 aromatic rings. The Kier molecular flexibility index (Phi) is 5.53. The molecule has 13 heteroatoms. The molecule has 0 amide bonds. The van der Waals surface area contributed by atoms with Gasteiger partial charge in [0.2, 0.25) is 0 Å². The number of rotatable bonds is 3. The Bertz CT molecular complexity index is 1400. The molecule has 0 bridgehead atoms. The number of ether oxygens (including phenoxy) is 1. The van der Waals surface area contributed by atoms with Gasteiger partial charge in [0, 0.05) is 5.56 Å². The van der Waals surface area contributed by atoms with E-state index in [2.05, 4.69) is 10.3 Å². The van der Waals surface area contributed by atoms with Gasteiger partial charge >= 0.3 is 18.0 Å². The molecule has 35 heavy (non-hydrogen) atoms. The summed E-state index contributed by atoms with van der Waals surface area (Å²) in [4.78, 5) is 29.9. The van der Waals surface area contributed by atoms with Gasteiger partial charge in [-0.25, -0.2) is 14.4 Å². The number of H-pyrrole nitrogens is 1. The maximum Gasteiger partial charge on any atom is 0.427 e. The fraction of sp³-hybridized carbons (Fsp3) is 0.227. The number of aliphatic imine (C=N–C) groups is 1. The van der Waals surface area contributed by atoms with Crippen LogP contribution in [0.2, 0.25) is 0 Å². The van der Waals surface area contributed by atoms with Gasteiger partial charge in [-0.1, -0.05) is 17.7 Å². The summed E-state index contributed by atoms with van der Waals surface area (Å²) in [6.45, 7) is 1.69. The quantitative estimate of drug-likeness (QED) is 0.534. The van der Waals surface area contributed by atoms with Crippen LogP contribution in [0.3, 0.4) is 0 Å². The first-order valence-corrected chi connectivity index (χ1v) is 9.92. The van der Waals surface area contributed by atoms with E-state index in [4.69, 9.17) is 4.74 Å².